The molecular weight excluding hydrogens is 266 g/mol. The van der Waals surface area contributed by atoms with Crippen LogP contribution in [0.15, 0.2) is 22.6 Å². The first kappa shape index (κ1) is 14.2. The SMILES string of the molecule is COCCOCCNc1nc2cc([N+](=O)[O-])ccc2o1. The summed E-state index contributed by atoms with van der Waals surface area (Å²) in [6, 6.07) is 4.60. The van der Waals surface area contributed by atoms with Gasteiger partial charge in [0.05, 0.1) is 24.7 Å². The molecular formula is C12H15N3O5. The molecule has 0 saturated carbocycles. The number of fused-ring (bicyclic) bond motifs is 1. The number of nitro benzene ring substituents is 1. The number of ether oxygens (including phenoxy) is 2. The minimum atomic E-state index is -0.467. The molecule has 0 fully saturated rings. The van der Waals surface area contributed by atoms with Gasteiger partial charge in [-0.05, 0) is 6.07 Å². The number of methoxy groups -OCH3 is 1. The number of anilines is 1. The van der Waals surface area contributed by atoms with E-state index < -0.39 is 4.92 Å². The van der Waals surface area contributed by atoms with Crippen LogP contribution in [0.3, 0.4) is 0 Å². The molecule has 1 N–H and O–H groups in total. The van der Waals surface area contributed by atoms with E-state index in [-0.39, 0.29) is 5.69 Å². The van der Waals surface area contributed by atoms with Crippen molar-refractivity contribution in [1.29, 1.82) is 0 Å². The summed E-state index contributed by atoms with van der Waals surface area (Å²) < 4.78 is 15.5. The summed E-state index contributed by atoms with van der Waals surface area (Å²) >= 11 is 0. The molecule has 8 nitrogen and oxygen atoms in total. The summed E-state index contributed by atoms with van der Waals surface area (Å²) in [5, 5.41) is 13.6. The highest BCUT2D eigenvalue weighted by atomic mass is 16.6. The van der Waals surface area contributed by atoms with Crippen LogP contribution in [0.5, 0.6) is 0 Å². The van der Waals surface area contributed by atoms with Gasteiger partial charge in [-0.3, -0.25) is 10.1 Å². The van der Waals surface area contributed by atoms with E-state index in [0.717, 1.165) is 0 Å². The van der Waals surface area contributed by atoms with E-state index in [9.17, 15) is 10.1 Å². The molecule has 0 aliphatic heterocycles. The molecule has 108 valence electrons. The van der Waals surface area contributed by atoms with Gasteiger partial charge in [0.2, 0.25) is 0 Å². The fraction of sp³-hybridized carbons (Fsp3) is 0.417. The Bertz CT molecular complexity index is 583. The van der Waals surface area contributed by atoms with Crippen LogP contribution in [-0.4, -0.2) is 43.4 Å². The third kappa shape index (κ3) is 3.65. The van der Waals surface area contributed by atoms with Gasteiger partial charge >= 0.3 is 0 Å². The second-order valence-electron chi connectivity index (χ2n) is 3.96. The lowest BCUT2D eigenvalue weighted by Gasteiger charge is -2.03. The molecule has 1 heterocycles. The van der Waals surface area contributed by atoms with Crippen LogP contribution in [-0.2, 0) is 9.47 Å². The molecule has 0 unspecified atom stereocenters. The lowest BCUT2D eigenvalue weighted by Crippen LogP contribution is -2.11. The van der Waals surface area contributed by atoms with Crippen molar-refractivity contribution in [2.24, 2.45) is 0 Å². The van der Waals surface area contributed by atoms with Gasteiger partial charge in [-0.1, -0.05) is 0 Å². The van der Waals surface area contributed by atoms with E-state index in [0.29, 0.717) is 43.5 Å². The van der Waals surface area contributed by atoms with Gasteiger partial charge in [-0.25, -0.2) is 0 Å². The third-order valence-electron chi connectivity index (χ3n) is 2.54. The highest BCUT2D eigenvalue weighted by Gasteiger charge is 2.11. The second kappa shape index (κ2) is 6.83. The average Bonchev–Trinajstić information content (AvgIpc) is 2.84. The first-order chi connectivity index (χ1) is 9.70. The molecule has 8 heteroatoms. The van der Waals surface area contributed by atoms with Crippen LogP contribution in [0.1, 0.15) is 0 Å². The van der Waals surface area contributed by atoms with Crippen LogP contribution < -0.4 is 5.32 Å². The second-order valence-corrected chi connectivity index (χ2v) is 3.96. The van der Waals surface area contributed by atoms with Gasteiger partial charge in [0, 0.05) is 25.8 Å². The molecule has 0 aliphatic rings. The zero-order chi connectivity index (χ0) is 14.4. The van der Waals surface area contributed by atoms with Crippen molar-refractivity contribution >= 4 is 22.8 Å². The predicted molar refractivity (Wildman–Crippen MR) is 71.8 cm³/mol. The van der Waals surface area contributed by atoms with Crippen molar-refractivity contribution in [3.63, 3.8) is 0 Å². The fourth-order valence-corrected chi connectivity index (χ4v) is 1.58. The van der Waals surface area contributed by atoms with E-state index in [1.165, 1.54) is 18.2 Å². The van der Waals surface area contributed by atoms with E-state index >= 15 is 0 Å². The third-order valence-corrected chi connectivity index (χ3v) is 2.54. The Morgan fingerprint density at radius 2 is 2.25 bits per heavy atom. The van der Waals surface area contributed by atoms with Gasteiger partial charge in [0.15, 0.2) is 5.58 Å². The quantitative estimate of drug-likeness (QED) is 0.447. The zero-order valence-electron chi connectivity index (χ0n) is 11.0. The van der Waals surface area contributed by atoms with Crippen molar-refractivity contribution < 1.29 is 18.8 Å². The number of rotatable bonds is 8. The Morgan fingerprint density at radius 3 is 3.00 bits per heavy atom. The maximum absolute atomic E-state index is 10.7. The predicted octanol–water partition coefficient (Wildman–Crippen LogP) is 1.81. The van der Waals surface area contributed by atoms with E-state index in [4.69, 9.17) is 13.9 Å². The molecule has 0 radical (unpaired) electrons. The Labute approximate surface area is 114 Å². The largest absolute Gasteiger partial charge is 0.424 e. The van der Waals surface area contributed by atoms with Gasteiger partial charge in [0.1, 0.15) is 5.52 Å². The van der Waals surface area contributed by atoms with Crippen LogP contribution in [0.4, 0.5) is 11.7 Å². The number of nitro groups is 1. The number of nitrogens with one attached hydrogen (secondary N) is 1. The Balaban J connectivity index is 1.89. The van der Waals surface area contributed by atoms with Gasteiger partial charge in [-0.15, -0.1) is 0 Å². The number of aromatic nitrogens is 1. The van der Waals surface area contributed by atoms with Crippen LogP contribution in [0.2, 0.25) is 0 Å². The van der Waals surface area contributed by atoms with Gasteiger partial charge in [0.25, 0.3) is 11.7 Å². The first-order valence-corrected chi connectivity index (χ1v) is 6.06. The molecule has 2 aromatic rings. The summed E-state index contributed by atoms with van der Waals surface area (Å²) in [6.07, 6.45) is 0. The number of nitrogens with zero attached hydrogens (tertiary/aromatic N) is 2. The lowest BCUT2D eigenvalue weighted by molar-refractivity contribution is -0.384. The molecule has 1 aromatic heterocycles. The minimum absolute atomic E-state index is 0.0137. The normalized spacial score (nSPS) is 10.8. The topological polar surface area (TPSA) is 99.7 Å². The summed E-state index contributed by atoms with van der Waals surface area (Å²) in [6.45, 7) is 2.09. The Kier molecular flexibility index (Phi) is 4.85. The van der Waals surface area contributed by atoms with E-state index in [2.05, 4.69) is 10.3 Å². The first-order valence-electron chi connectivity index (χ1n) is 6.06. The maximum Gasteiger partial charge on any atom is 0.295 e. The number of hydrogen-bond acceptors (Lipinski definition) is 7. The van der Waals surface area contributed by atoms with Crippen LogP contribution in [0.25, 0.3) is 11.1 Å². The van der Waals surface area contributed by atoms with Gasteiger partial charge in [-0.2, -0.15) is 4.98 Å². The standard InChI is InChI=1S/C12H15N3O5/c1-18-6-7-19-5-4-13-12-14-10-8-9(15(16)17)2-3-11(10)20-12/h2-3,8H,4-7H2,1H3,(H,13,14). The molecule has 1 aromatic carbocycles. The van der Waals surface area contributed by atoms with Crippen molar-refractivity contribution in [3.05, 3.63) is 28.3 Å². The summed E-state index contributed by atoms with van der Waals surface area (Å²) in [5.41, 5.74) is 0.931. The molecule has 2 rings (SSSR count). The minimum Gasteiger partial charge on any atom is -0.424 e. The summed E-state index contributed by atoms with van der Waals surface area (Å²) in [7, 11) is 1.61. The van der Waals surface area contributed by atoms with Crippen molar-refractivity contribution in [3.8, 4) is 0 Å². The highest BCUT2D eigenvalue weighted by molar-refractivity contribution is 5.77. The molecule has 0 spiro atoms. The number of non-ortho nitro benzene ring substituents is 1. The number of benzene rings is 1. The van der Waals surface area contributed by atoms with Crippen molar-refractivity contribution in [2.75, 3.05) is 38.8 Å². The fourth-order valence-electron chi connectivity index (χ4n) is 1.58. The zero-order valence-corrected chi connectivity index (χ0v) is 11.0. The van der Waals surface area contributed by atoms with E-state index in [1.807, 2.05) is 0 Å². The monoisotopic (exact) mass is 281 g/mol. The van der Waals surface area contributed by atoms with Crippen LogP contribution in [0, 0.1) is 10.1 Å². The molecule has 20 heavy (non-hydrogen) atoms. The van der Waals surface area contributed by atoms with Crippen LogP contribution >= 0.6 is 0 Å². The maximum atomic E-state index is 10.7. The number of oxazole rings is 1. The number of hydrogen-bond donors (Lipinski definition) is 1. The summed E-state index contributed by atoms with van der Waals surface area (Å²) in [4.78, 5) is 14.3. The Hall–Kier alpha value is -2.19. The van der Waals surface area contributed by atoms with Gasteiger partial charge < -0.3 is 19.2 Å². The molecule has 0 amide bonds. The average molecular weight is 281 g/mol. The van der Waals surface area contributed by atoms with Crippen molar-refractivity contribution in [1.82, 2.24) is 4.98 Å². The van der Waals surface area contributed by atoms with Crippen molar-refractivity contribution in [2.45, 2.75) is 0 Å². The lowest BCUT2D eigenvalue weighted by atomic mass is 10.3. The van der Waals surface area contributed by atoms with E-state index in [1.54, 1.807) is 7.11 Å². The molecule has 0 saturated heterocycles. The smallest absolute Gasteiger partial charge is 0.295 e. The molecule has 0 atom stereocenters. The summed E-state index contributed by atoms with van der Waals surface area (Å²) in [5.74, 6) is 0. The highest BCUT2D eigenvalue weighted by Crippen LogP contribution is 2.23. The molecule has 0 bridgehead atoms. The Morgan fingerprint density at radius 1 is 1.40 bits per heavy atom. The molecule has 0 aliphatic carbocycles.